The molecule has 4 nitrogen and oxygen atoms in total. The van der Waals surface area contributed by atoms with Gasteiger partial charge in [0.05, 0.1) is 18.3 Å². The van der Waals surface area contributed by atoms with Crippen LogP contribution in [0.3, 0.4) is 0 Å². The average molecular weight is 195 g/mol. The molecule has 0 saturated carbocycles. The van der Waals surface area contributed by atoms with Gasteiger partial charge in [-0.2, -0.15) is 5.10 Å². The second-order valence-electron chi connectivity index (χ2n) is 3.98. The van der Waals surface area contributed by atoms with Crippen LogP contribution in [0, 0.1) is 0 Å². The van der Waals surface area contributed by atoms with Crippen LogP contribution in [0.25, 0.3) is 0 Å². The molecule has 0 unspecified atom stereocenters. The van der Waals surface area contributed by atoms with Crippen molar-refractivity contribution < 1.29 is 5.11 Å². The number of hydrogen-bond acceptors (Lipinski definition) is 3. The molecule has 0 aromatic carbocycles. The first-order valence-corrected chi connectivity index (χ1v) is 5.13. The lowest BCUT2D eigenvalue weighted by molar-refractivity contribution is 0.210. The Morgan fingerprint density at radius 2 is 2.21 bits per heavy atom. The van der Waals surface area contributed by atoms with Crippen LogP contribution in [0.15, 0.2) is 12.3 Å². The van der Waals surface area contributed by atoms with Crippen molar-refractivity contribution >= 4 is 0 Å². The van der Waals surface area contributed by atoms with E-state index in [-0.39, 0.29) is 6.61 Å². The SMILES string of the molecule is CN1CCC(n2ccc(CO)n2)CC1. The molecular weight excluding hydrogens is 178 g/mol. The highest BCUT2D eigenvalue weighted by Crippen LogP contribution is 2.20. The van der Waals surface area contributed by atoms with Crippen LogP contribution >= 0.6 is 0 Å². The van der Waals surface area contributed by atoms with E-state index in [4.69, 9.17) is 5.11 Å². The average Bonchev–Trinajstić information content (AvgIpc) is 2.67. The fraction of sp³-hybridized carbons (Fsp3) is 0.700. The fourth-order valence-corrected chi connectivity index (χ4v) is 1.92. The monoisotopic (exact) mass is 195 g/mol. The largest absolute Gasteiger partial charge is 0.390 e. The molecule has 1 fully saturated rings. The maximum absolute atomic E-state index is 8.91. The van der Waals surface area contributed by atoms with Gasteiger partial charge in [-0.25, -0.2) is 0 Å². The van der Waals surface area contributed by atoms with Crippen LogP contribution < -0.4 is 0 Å². The summed E-state index contributed by atoms with van der Waals surface area (Å²) < 4.78 is 2.00. The Kier molecular flexibility index (Phi) is 2.84. The molecule has 2 rings (SSSR count). The number of aliphatic hydroxyl groups is 1. The molecule has 0 bridgehead atoms. The molecule has 78 valence electrons. The quantitative estimate of drug-likeness (QED) is 0.753. The van der Waals surface area contributed by atoms with Crippen molar-refractivity contribution in [3.05, 3.63) is 18.0 Å². The van der Waals surface area contributed by atoms with Gasteiger partial charge < -0.3 is 10.0 Å². The summed E-state index contributed by atoms with van der Waals surface area (Å²) in [6.45, 7) is 2.32. The highest BCUT2D eigenvalue weighted by molar-refractivity contribution is 4.98. The molecule has 0 atom stereocenters. The smallest absolute Gasteiger partial charge is 0.0879 e. The van der Waals surface area contributed by atoms with E-state index < -0.39 is 0 Å². The summed E-state index contributed by atoms with van der Waals surface area (Å²) in [5.41, 5.74) is 0.768. The van der Waals surface area contributed by atoms with Crippen LogP contribution in [-0.4, -0.2) is 39.9 Å². The lowest BCUT2D eigenvalue weighted by Gasteiger charge is -2.28. The molecule has 2 heterocycles. The third kappa shape index (κ3) is 1.96. The van der Waals surface area contributed by atoms with E-state index in [1.807, 2.05) is 16.9 Å². The zero-order chi connectivity index (χ0) is 9.97. The lowest BCUT2D eigenvalue weighted by atomic mass is 10.1. The maximum atomic E-state index is 8.91. The number of hydrogen-bond donors (Lipinski definition) is 1. The summed E-state index contributed by atoms with van der Waals surface area (Å²) in [5, 5.41) is 13.2. The van der Waals surface area contributed by atoms with E-state index in [1.54, 1.807) is 0 Å². The zero-order valence-corrected chi connectivity index (χ0v) is 8.56. The van der Waals surface area contributed by atoms with Gasteiger partial charge in [0, 0.05) is 6.20 Å². The Labute approximate surface area is 84.1 Å². The van der Waals surface area contributed by atoms with Crippen LogP contribution in [0.4, 0.5) is 0 Å². The minimum absolute atomic E-state index is 0.0413. The van der Waals surface area contributed by atoms with Gasteiger partial charge >= 0.3 is 0 Å². The predicted molar refractivity (Wildman–Crippen MR) is 53.9 cm³/mol. The maximum Gasteiger partial charge on any atom is 0.0879 e. The van der Waals surface area contributed by atoms with Gasteiger partial charge in [-0.15, -0.1) is 0 Å². The highest BCUT2D eigenvalue weighted by Gasteiger charge is 2.18. The zero-order valence-electron chi connectivity index (χ0n) is 8.56. The summed E-state index contributed by atoms with van der Waals surface area (Å²) >= 11 is 0. The Balaban J connectivity index is 2.01. The van der Waals surface area contributed by atoms with Crippen molar-refractivity contribution in [2.45, 2.75) is 25.5 Å². The number of likely N-dealkylation sites (tertiary alicyclic amines) is 1. The van der Waals surface area contributed by atoms with Gasteiger partial charge in [0.2, 0.25) is 0 Å². The minimum Gasteiger partial charge on any atom is -0.390 e. The molecule has 14 heavy (non-hydrogen) atoms. The predicted octanol–water partition coefficient (Wildman–Crippen LogP) is 0.642. The van der Waals surface area contributed by atoms with Gasteiger partial charge in [0.15, 0.2) is 0 Å². The molecule has 1 aromatic heterocycles. The molecule has 0 spiro atoms. The van der Waals surface area contributed by atoms with E-state index >= 15 is 0 Å². The van der Waals surface area contributed by atoms with E-state index in [0.29, 0.717) is 6.04 Å². The Hall–Kier alpha value is -0.870. The van der Waals surface area contributed by atoms with Crippen molar-refractivity contribution in [2.75, 3.05) is 20.1 Å². The van der Waals surface area contributed by atoms with Gasteiger partial charge in [0.25, 0.3) is 0 Å². The van der Waals surface area contributed by atoms with Crippen LogP contribution in [0.5, 0.6) is 0 Å². The van der Waals surface area contributed by atoms with Gasteiger partial charge in [-0.05, 0) is 39.0 Å². The third-order valence-corrected chi connectivity index (χ3v) is 2.89. The third-order valence-electron chi connectivity index (χ3n) is 2.89. The van der Waals surface area contributed by atoms with E-state index in [2.05, 4.69) is 17.0 Å². The molecule has 0 radical (unpaired) electrons. The normalized spacial score (nSPS) is 20.1. The summed E-state index contributed by atoms with van der Waals surface area (Å²) in [5.74, 6) is 0. The number of nitrogens with zero attached hydrogens (tertiary/aromatic N) is 3. The first-order valence-electron chi connectivity index (χ1n) is 5.13. The van der Waals surface area contributed by atoms with E-state index in [1.165, 1.54) is 0 Å². The van der Waals surface area contributed by atoms with Crippen LogP contribution in [0.2, 0.25) is 0 Å². The van der Waals surface area contributed by atoms with Crippen molar-refractivity contribution in [3.8, 4) is 0 Å². The van der Waals surface area contributed by atoms with Gasteiger partial charge in [-0.3, -0.25) is 4.68 Å². The number of aromatic nitrogens is 2. The lowest BCUT2D eigenvalue weighted by Crippen LogP contribution is -2.31. The van der Waals surface area contributed by atoms with Gasteiger partial charge in [0.1, 0.15) is 0 Å². The Bertz CT molecular complexity index is 289. The second-order valence-corrected chi connectivity index (χ2v) is 3.98. The second kappa shape index (κ2) is 4.11. The Morgan fingerprint density at radius 1 is 1.50 bits per heavy atom. The summed E-state index contributed by atoms with van der Waals surface area (Å²) in [6.07, 6.45) is 4.29. The van der Waals surface area contributed by atoms with Gasteiger partial charge in [-0.1, -0.05) is 0 Å². The molecule has 0 aliphatic carbocycles. The molecule has 1 saturated heterocycles. The molecule has 1 aromatic rings. The molecule has 0 amide bonds. The minimum atomic E-state index is 0.0413. The number of piperidine rings is 1. The fourth-order valence-electron chi connectivity index (χ4n) is 1.92. The number of aliphatic hydroxyl groups excluding tert-OH is 1. The van der Waals surface area contributed by atoms with Crippen molar-refractivity contribution in [1.29, 1.82) is 0 Å². The summed E-state index contributed by atoms with van der Waals surface area (Å²) in [4.78, 5) is 2.34. The highest BCUT2D eigenvalue weighted by atomic mass is 16.3. The summed E-state index contributed by atoms with van der Waals surface area (Å²) in [6, 6.07) is 2.41. The first-order chi connectivity index (χ1) is 6.79. The Morgan fingerprint density at radius 3 is 2.79 bits per heavy atom. The van der Waals surface area contributed by atoms with Crippen LogP contribution in [-0.2, 0) is 6.61 Å². The number of rotatable bonds is 2. The van der Waals surface area contributed by atoms with Crippen molar-refractivity contribution in [1.82, 2.24) is 14.7 Å². The molecule has 1 aliphatic heterocycles. The molecular formula is C10H17N3O. The standard InChI is InChI=1S/C10H17N3O/c1-12-5-3-10(4-6-12)13-7-2-9(8-14)11-13/h2,7,10,14H,3-6,8H2,1H3. The van der Waals surface area contributed by atoms with E-state index in [0.717, 1.165) is 31.6 Å². The van der Waals surface area contributed by atoms with Crippen molar-refractivity contribution in [3.63, 3.8) is 0 Å². The molecule has 1 N–H and O–H groups in total. The van der Waals surface area contributed by atoms with Crippen LogP contribution in [0.1, 0.15) is 24.6 Å². The molecule has 4 heteroatoms. The molecule has 1 aliphatic rings. The topological polar surface area (TPSA) is 41.3 Å². The summed E-state index contributed by atoms with van der Waals surface area (Å²) in [7, 11) is 2.15. The van der Waals surface area contributed by atoms with E-state index in [9.17, 15) is 0 Å². The van der Waals surface area contributed by atoms with Crippen molar-refractivity contribution in [2.24, 2.45) is 0 Å². The first kappa shape index (κ1) is 9.68.